The number of rotatable bonds is 6. The summed E-state index contributed by atoms with van der Waals surface area (Å²) in [5.41, 5.74) is 1.03. The van der Waals surface area contributed by atoms with Crippen LogP contribution in [0.3, 0.4) is 0 Å². The van der Waals surface area contributed by atoms with Gasteiger partial charge in [-0.1, -0.05) is 0 Å². The van der Waals surface area contributed by atoms with Crippen LogP contribution in [0.1, 0.15) is 30.9 Å². The third-order valence-electron chi connectivity index (χ3n) is 4.39. The Balaban J connectivity index is 1.74. The number of aromatic nitrogens is 3. The number of amides is 1. The number of likely N-dealkylation sites (tertiary alicyclic amines) is 1. The van der Waals surface area contributed by atoms with E-state index in [4.69, 9.17) is 9.47 Å². The minimum atomic E-state index is 0.0501. The minimum Gasteiger partial charge on any atom is -0.497 e. The van der Waals surface area contributed by atoms with Gasteiger partial charge in [0.15, 0.2) is 0 Å². The molecule has 1 aromatic carbocycles. The van der Waals surface area contributed by atoms with Gasteiger partial charge in [-0.05, 0) is 25.0 Å². The van der Waals surface area contributed by atoms with Crippen molar-refractivity contribution in [3.8, 4) is 11.5 Å². The molecule has 0 bridgehead atoms. The van der Waals surface area contributed by atoms with Crippen molar-refractivity contribution >= 4 is 5.91 Å². The Kier molecular flexibility index (Phi) is 4.98. The van der Waals surface area contributed by atoms with Crippen molar-refractivity contribution in [2.45, 2.75) is 31.8 Å². The maximum absolute atomic E-state index is 12.6. The summed E-state index contributed by atoms with van der Waals surface area (Å²) >= 11 is 0. The number of ether oxygens (including phenoxy) is 2. The molecule has 1 amide bonds. The van der Waals surface area contributed by atoms with Crippen molar-refractivity contribution in [3.63, 3.8) is 0 Å². The van der Waals surface area contributed by atoms with Gasteiger partial charge in [-0.3, -0.25) is 9.48 Å². The lowest BCUT2D eigenvalue weighted by Gasteiger charge is -2.26. The molecule has 1 aliphatic heterocycles. The van der Waals surface area contributed by atoms with Crippen LogP contribution in [0.25, 0.3) is 0 Å². The number of carbonyl (C=O) groups is 1. The lowest BCUT2D eigenvalue weighted by Crippen LogP contribution is -2.31. The normalized spacial score (nSPS) is 17.1. The van der Waals surface area contributed by atoms with Gasteiger partial charge in [0.25, 0.3) is 0 Å². The van der Waals surface area contributed by atoms with Crippen LogP contribution in [0.2, 0.25) is 0 Å². The maximum Gasteiger partial charge on any atom is 0.224 e. The molecule has 7 heteroatoms. The number of benzene rings is 1. The van der Waals surface area contributed by atoms with E-state index < -0.39 is 0 Å². The van der Waals surface area contributed by atoms with E-state index in [-0.39, 0.29) is 11.9 Å². The Hall–Kier alpha value is -2.57. The first kappa shape index (κ1) is 16.3. The standard InChI is InChI=1S/C17H22N4O3/c1-23-13-5-6-14(16(10-13)24-2)15-4-3-8-21(15)17(22)7-9-20-12-18-11-19-20/h5-6,10-12,15H,3-4,7-9H2,1-2H3/t15-/m0/s1. The maximum atomic E-state index is 12.6. The van der Waals surface area contributed by atoms with Crippen LogP contribution in [0.5, 0.6) is 11.5 Å². The molecule has 7 nitrogen and oxygen atoms in total. The van der Waals surface area contributed by atoms with E-state index in [1.807, 2.05) is 23.1 Å². The van der Waals surface area contributed by atoms with Crippen molar-refractivity contribution in [2.75, 3.05) is 20.8 Å². The van der Waals surface area contributed by atoms with Gasteiger partial charge >= 0.3 is 0 Å². The van der Waals surface area contributed by atoms with Crippen LogP contribution in [-0.2, 0) is 11.3 Å². The molecule has 2 heterocycles. The Labute approximate surface area is 141 Å². The summed E-state index contributed by atoms with van der Waals surface area (Å²) in [5, 5.41) is 4.04. The van der Waals surface area contributed by atoms with Gasteiger partial charge in [0.2, 0.25) is 5.91 Å². The van der Waals surface area contributed by atoms with E-state index in [0.29, 0.717) is 13.0 Å². The van der Waals surface area contributed by atoms with E-state index in [2.05, 4.69) is 10.1 Å². The van der Waals surface area contributed by atoms with Gasteiger partial charge in [0.05, 0.1) is 26.8 Å². The molecule has 1 saturated heterocycles. The van der Waals surface area contributed by atoms with Gasteiger partial charge < -0.3 is 14.4 Å². The van der Waals surface area contributed by atoms with Crippen molar-refractivity contribution in [1.29, 1.82) is 0 Å². The molecule has 1 fully saturated rings. The molecule has 0 unspecified atom stereocenters. The van der Waals surface area contributed by atoms with Crippen molar-refractivity contribution in [2.24, 2.45) is 0 Å². The predicted molar refractivity (Wildman–Crippen MR) is 87.9 cm³/mol. The van der Waals surface area contributed by atoms with Crippen LogP contribution in [0, 0.1) is 0 Å². The van der Waals surface area contributed by atoms with Crippen LogP contribution in [-0.4, -0.2) is 46.3 Å². The molecule has 1 aromatic heterocycles. The second kappa shape index (κ2) is 7.33. The molecule has 0 radical (unpaired) electrons. The SMILES string of the molecule is COc1ccc([C@@H]2CCCN2C(=O)CCn2cncn2)c(OC)c1. The Morgan fingerprint density at radius 2 is 2.21 bits per heavy atom. The summed E-state index contributed by atoms with van der Waals surface area (Å²) in [4.78, 5) is 18.5. The molecule has 128 valence electrons. The molecule has 2 aromatic rings. The molecular weight excluding hydrogens is 308 g/mol. The van der Waals surface area contributed by atoms with Crippen LogP contribution < -0.4 is 9.47 Å². The van der Waals surface area contributed by atoms with E-state index in [1.165, 1.54) is 6.33 Å². The number of hydrogen-bond donors (Lipinski definition) is 0. The average molecular weight is 330 g/mol. The van der Waals surface area contributed by atoms with Crippen LogP contribution in [0.4, 0.5) is 0 Å². The first-order valence-corrected chi connectivity index (χ1v) is 8.06. The number of nitrogens with zero attached hydrogens (tertiary/aromatic N) is 4. The molecule has 1 atom stereocenters. The minimum absolute atomic E-state index is 0.0501. The van der Waals surface area contributed by atoms with Gasteiger partial charge in [-0.2, -0.15) is 5.10 Å². The van der Waals surface area contributed by atoms with Gasteiger partial charge in [-0.15, -0.1) is 0 Å². The Morgan fingerprint density at radius 1 is 1.33 bits per heavy atom. The molecule has 1 aliphatic rings. The van der Waals surface area contributed by atoms with Gasteiger partial charge in [-0.25, -0.2) is 4.98 Å². The highest BCUT2D eigenvalue weighted by Gasteiger charge is 2.31. The first-order valence-electron chi connectivity index (χ1n) is 8.06. The summed E-state index contributed by atoms with van der Waals surface area (Å²) in [5.74, 6) is 1.64. The lowest BCUT2D eigenvalue weighted by molar-refractivity contribution is -0.132. The topological polar surface area (TPSA) is 69.5 Å². The van der Waals surface area contributed by atoms with E-state index in [1.54, 1.807) is 25.2 Å². The Bertz CT molecular complexity index is 687. The van der Waals surface area contributed by atoms with Crippen LogP contribution in [0.15, 0.2) is 30.9 Å². The van der Waals surface area contributed by atoms with Gasteiger partial charge in [0, 0.05) is 24.6 Å². The molecule has 0 saturated carbocycles. The highest BCUT2D eigenvalue weighted by molar-refractivity contribution is 5.77. The van der Waals surface area contributed by atoms with E-state index in [9.17, 15) is 4.79 Å². The van der Waals surface area contributed by atoms with Crippen molar-refractivity contribution < 1.29 is 14.3 Å². The molecule has 0 spiro atoms. The quantitative estimate of drug-likeness (QED) is 0.811. The summed E-state index contributed by atoms with van der Waals surface area (Å²) in [7, 11) is 3.27. The summed E-state index contributed by atoms with van der Waals surface area (Å²) in [6, 6.07) is 5.82. The highest BCUT2D eigenvalue weighted by atomic mass is 16.5. The van der Waals surface area contributed by atoms with Gasteiger partial charge in [0.1, 0.15) is 24.2 Å². The molecular formula is C17H22N4O3. The number of hydrogen-bond acceptors (Lipinski definition) is 5. The fraction of sp³-hybridized carbons (Fsp3) is 0.471. The average Bonchev–Trinajstić information content (AvgIpc) is 3.30. The fourth-order valence-corrected chi connectivity index (χ4v) is 3.18. The lowest BCUT2D eigenvalue weighted by atomic mass is 10.0. The van der Waals surface area contributed by atoms with E-state index in [0.717, 1.165) is 36.4 Å². The second-order valence-corrected chi connectivity index (χ2v) is 5.76. The monoisotopic (exact) mass is 330 g/mol. The zero-order chi connectivity index (χ0) is 16.9. The predicted octanol–water partition coefficient (Wildman–Crippen LogP) is 2.05. The van der Waals surface area contributed by atoms with Crippen molar-refractivity contribution in [3.05, 3.63) is 36.4 Å². The molecule has 0 aliphatic carbocycles. The summed E-state index contributed by atoms with van der Waals surface area (Å²) in [6.45, 7) is 1.32. The van der Waals surface area contributed by atoms with E-state index >= 15 is 0 Å². The number of methoxy groups -OCH3 is 2. The second-order valence-electron chi connectivity index (χ2n) is 5.76. The summed E-state index contributed by atoms with van der Waals surface area (Å²) in [6.07, 6.45) is 5.46. The molecule has 3 rings (SSSR count). The third-order valence-corrected chi connectivity index (χ3v) is 4.39. The highest BCUT2D eigenvalue weighted by Crippen LogP contribution is 2.38. The van der Waals surface area contributed by atoms with Crippen molar-refractivity contribution in [1.82, 2.24) is 19.7 Å². The molecule has 24 heavy (non-hydrogen) atoms. The molecule has 0 N–H and O–H groups in total. The first-order chi connectivity index (χ1) is 11.7. The zero-order valence-electron chi connectivity index (χ0n) is 14.0. The third kappa shape index (κ3) is 3.34. The number of carbonyl (C=O) groups excluding carboxylic acids is 1. The zero-order valence-corrected chi connectivity index (χ0v) is 14.0. The number of aryl methyl sites for hydroxylation is 1. The smallest absolute Gasteiger partial charge is 0.224 e. The van der Waals surface area contributed by atoms with Crippen LogP contribution >= 0.6 is 0 Å². The fourth-order valence-electron chi connectivity index (χ4n) is 3.18. The largest absolute Gasteiger partial charge is 0.497 e. The Morgan fingerprint density at radius 3 is 2.92 bits per heavy atom. The summed E-state index contributed by atoms with van der Waals surface area (Å²) < 4.78 is 12.4.